The van der Waals surface area contributed by atoms with Gasteiger partial charge in [-0.2, -0.15) is 0 Å². The minimum atomic E-state index is 0.338. The van der Waals surface area contributed by atoms with Gasteiger partial charge in [-0.25, -0.2) is 0 Å². The average molecular weight is 302 g/mol. The van der Waals surface area contributed by atoms with Gasteiger partial charge in [0.15, 0.2) is 0 Å². The molecule has 0 aromatic heterocycles. The molecule has 3 fully saturated rings. The Kier molecular flexibility index (Phi) is 6.09. The highest BCUT2D eigenvalue weighted by Crippen LogP contribution is 2.40. The van der Waals surface area contributed by atoms with Crippen LogP contribution in [-0.2, 0) is 6.42 Å². The highest BCUT2D eigenvalue weighted by molar-refractivity contribution is 5.15. The molecular formula is C21H35N. The van der Waals surface area contributed by atoms with Crippen LogP contribution in [0.2, 0.25) is 0 Å². The Balaban J connectivity index is 0.000000847. The van der Waals surface area contributed by atoms with E-state index in [4.69, 9.17) is 0 Å². The lowest BCUT2D eigenvalue weighted by atomic mass is 9.89. The largest absolute Gasteiger partial charge is 0.295 e. The van der Waals surface area contributed by atoms with Gasteiger partial charge < -0.3 is 0 Å². The first-order valence-corrected chi connectivity index (χ1v) is 9.33. The highest BCUT2D eigenvalue weighted by Gasteiger charge is 2.39. The fourth-order valence-electron chi connectivity index (χ4n) is 4.43. The van der Waals surface area contributed by atoms with Gasteiger partial charge in [0.2, 0.25) is 0 Å². The van der Waals surface area contributed by atoms with E-state index in [0.29, 0.717) is 5.54 Å². The first-order valence-electron chi connectivity index (χ1n) is 9.33. The molecule has 0 radical (unpaired) electrons. The molecule has 2 aliphatic heterocycles. The second kappa shape index (κ2) is 7.64. The lowest BCUT2D eigenvalue weighted by molar-refractivity contribution is 0.0359. The summed E-state index contributed by atoms with van der Waals surface area (Å²) in [5.74, 6) is 1.82. The van der Waals surface area contributed by atoms with E-state index in [-0.39, 0.29) is 0 Å². The first-order chi connectivity index (χ1) is 10.5. The number of piperidine rings is 1. The summed E-state index contributed by atoms with van der Waals surface area (Å²) in [5, 5.41) is 0. The van der Waals surface area contributed by atoms with Crippen LogP contribution in [0.25, 0.3) is 0 Å². The summed E-state index contributed by atoms with van der Waals surface area (Å²) in [6.07, 6.45) is 7.02. The van der Waals surface area contributed by atoms with Crippen molar-refractivity contribution < 1.29 is 0 Å². The van der Waals surface area contributed by atoms with Crippen LogP contribution < -0.4 is 0 Å². The van der Waals surface area contributed by atoms with Crippen LogP contribution in [0.4, 0.5) is 0 Å². The van der Waals surface area contributed by atoms with Crippen LogP contribution in [-0.4, -0.2) is 23.0 Å². The zero-order valence-electron chi connectivity index (χ0n) is 15.3. The topological polar surface area (TPSA) is 3.24 Å². The third kappa shape index (κ3) is 4.35. The fourth-order valence-corrected chi connectivity index (χ4v) is 4.43. The highest BCUT2D eigenvalue weighted by atomic mass is 15.2. The zero-order valence-corrected chi connectivity index (χ0v) is 15.3. The molecule has 0 spiro atoms. The summed E-state index contributed by atoms with van der Waals surface area (Å²) in [6, 6.07) is 11.9. The third-order valence-corrected chi connectivity index (χ3v) is 5.30. The van der Waals surface area contributed by atoms with Gasteiger partial charge in [0.1, 0.15) is 0 Å². The van der Waals surface area contributed by atoms with E-state index in [2.05, 4.69) is 56.0 Å². The molecule has 2 bridgehead atoms. The first kappa shape index (κ1) is 17.5. The minimum absolute atomic E-state index is 0.338. The van der Waals surface area contributed by atoms with E-state index >= 15 is 0 Å². The van der Waals surface area contributed by atoms with E-state index in [1.54, 1.807) is 0 Å². The van der Waals surface area contributed by atoms with E-state index in [1.807, 2.05) is 13.8 Å². The van der Waals surface area contributed by atoms with Crippen molar-refractivity contribution in [1.29, 1.82) is 0 Å². The monoisotopic (exact) mass is 301 g/mol. The Hall–Kier alpha value is -0.820. The average Bonchev–Trinajstić information content (AvgIpc) is 2.80. The molecule has 3 atom stereocenters. The molecule has 4 rings (SSSR count). The number of fused-ring (bicyclic) bond motifs is 4. The molecule has 1 heteroatoms. The van der Waals surface area contributed by atoms with Crippen molar-refractivity contribution in [2.45, 2.75) is 78.3 Å². The summed E-state index contributed by atoms with van der Waals surface area (Å²) in [6.45, 7) is 12.5. The molecule has 124 valence electrons. The summed E-state index contributed by atoms with van der Waals surface area (Å²) in [5.41, 5.74) is 1.87. The maximum Gasteiger partial charge on any atom is 0.0128 e. The lowest BCUT2D eigenvalue weighted by Gasteiger charge is -2.45. The van der Waals surface area contributed by atoms with Crippen LogP contribution in [0.3, 0.4) is 0 Å². The van der Waals surface area contributed by atoms with Gasteiger partial charge in [0.05, 0.1) is 0 Å². The maximum absolute atomic E-state index is 2.80. The minimum Gasteiger partial charge on any atom is -0.295 e. The number of rotatable bonds is 2. The van der Waals surface area contributed by atoms with Crippen molar-refractivity contribution in [3.8, 4) is 0 Å². The van der Waals surface area contributed by atoms with E-state index in [9.17, 15) is 0 Å². The Morgan fingerprint density at radius 2 is 1.68 bits per heavy atom. The van der Waals surface area contributed by atoms with Crippen molar-refractivity contribution >= 4 is 0 Å². The number of nitrogens with zero attached hydrogens (tertiary/aromatic N) is 1. The maximum atomic E-state index is 2.80. The molecule has 22 heavy (non-hydrogen) atoms. The van der Waals surface area contributed by atoms with Gasteiger partial charge in [-0.15, -0.1) is 0 Å². The van der Waals surface area contributed by atoms with Crippen molar-refractivity contribution in [2.24, 2.45) is 11.8 Å². The molecule has 2 saturated heterocycles. The predicted molar refractivity (Wildman–Crippen MR) is 97.2 cm³/mol. The smallest absolute Gasteiger partial charge is 0.0128 e. The van der Waals surface area contributed by atoms with Gasteiger partial charge >= 0.3 is 0 Å². The second-order valence-corrected chi connectivity index (χ2v) is 7.95. The predicted octanol–water partition coefficient (Wildman–Crippen LogP) is 5.54. The van der Waals surface area contributed by atoms with E-state index in [0.717, 1.165) is 17.9 Å². The molecule has 0 amide bonds. The van der Waals surface area contributed by atoms with Crippen molar-refractivity contribution in [2.75, 3.05) is 6.54 Å². The molecule has 1 aromatic rings. The molecule has 3 unspecified atom stereocenters. The molecular weight excluding hydrogens is 266 g/mol. The van der Waals surface area contributed by atoms with E-state index < -0.39 is 0 Å². The van der Waals surface area contributed by atoms with Gasteiger partial charge in [-0.05, 0) is 70.3 Å². The quantitative estimate of drug-likeness (QED) is 0.692. The van der Waals surface area contributed by atoms with Gasteiger partial charge in [0.25, 0.3) is 0 Å². The third-order valence-electron chi connectivity index (χ3n) is 5.30. The van der Waals surface area contributed by atoms with Crippen LogP contribution in [0, 0.1) is 11.8 Å². The Labute approximate surface area is 138 Å². The fraction of sp³-hybridized carbons (Fsp3) is 0.714. The normalized spacial score (nSPS) is 28.7. The Bertz CT molecular complexity index is 431. The van der Waals surface area contributed by atoms with Gasteiger partial charge in [-0.3, -0.25) is 4.90 Å². The lowest BCUT2D eigenvalue weighted by Crippen LogP contribution is -2.51. The van der Waals surface area contributed by atoms with E-state index in [1.165, 1.54) is 44.2 Å². The summed E-state index contributed by atoms with van der Waals surface area (Å²) >= 11 is 0. The SMILES string of the molecule is CC.CC(C)(C)N1CC2CCC1CC(Cc1ccccc1)C2. The van der Waals surface area contributed by atoms with Gasteiger partial charge in [-0.1, -0.05) is 44.2 Å². The number of hydrogen-bond donors (Lipinski definition) is 0. The molecule has 1 saturated carbocycles. The molecule has 0 N–H and O–H groups in total. The molecule has 3 aliphatic rings. The van der Waals surface area contributed by atoms with Crippen LogP contribution in [0.5, 0.6) is 0 Å². The Morgan fingerprint density at radius 1 is 1.00 bits per heavy atom. The number of benzene rings is 1. The molecule has 1 aromatic carbocycles. The van der Waals surface area contributed by atoms with Crippen LogP contribution in [0.1, 0.15) is 65.9 Å². The molecule has 2 heterocycles. The molecule has 1 aliphatic carbocycles. The standard InChI is InChI=1S/C19H29N.C2H6/c1-19(2,3)20-14-16-9-10-18(20)13-17(12-16)11-15-7-5-4-6-8-15;1-2/h4-8,16-18H,9-14H2,1-3H3;1-2H3. The zero-order chi connectivity index (χ0) is 16.2. The number of hydrogen-bond acceptors (Lipinski definition) is 1. The second-order valence-electron chi connectivity index (χ2n) is 7.95. The summed E-state index contributed by atoms with van der Waals surface area (Å²) in [7, 11) is 0. The van der Waals surface area contributed by atoms with Crippen molar-refractivity contribution in [1.82, 2.24) is 4.90 Å². The van der Waals surface area contributed by atoms with Crippen LogP contribution in [0.15, 0.2) is 30.3 Å². The molecule has 1 nitrogen and oxygen atoms in total. The summed E-state index contributed by atoms with van der Waals surface area (Å²) < 4.78 is 0. The van der Waals surface area contributed by atoms with Crippen molar-refractivity contribution in [3.63, 3.8) is 0 Å². The van der Waals surface area contributed by atoms with Crippen molar-refractivity contribution in [3.05, 3.63) is 35.9 Å². The summed E-state index contributed by atoms with van der Waals surface area (Å²) in [4.78, 5) is 2.80. The van der Waals surface area contributed by atoms with Crippen LogP contribution >= 0.6 is 0 Å². The van der Waals surface area contributed by atoms with Gasteiger partial charge in [0, 0.05) is 18.1 Å². The Morgan fingerprint density at radius 3 is 2.32 bits per heavy atom.